The van der Waals surface area contributed by atoms with Crippen molar-refractivity contribution < 1.29 is 9.59 Å². The molecule has 23 heavy (non-hydrogen) atoms. The highest BCUT2D eigenvalue weighted by Gasteiger charge is 2.45. The summed E-state index contributed by atoms with van der Waals surface area (Å²) in [7, 11) is 0. The van der Waals surface area contributed by atoms with Crippen LogP contribution in [0.1, 0.15) is 31.4 Å². The van der Waals surface area contributed by atoms with Gasteiger partial charge in [0, 0.05) is 36.9 Å². The van der Waals surface area contributed by atoms with Crippen molar-refractivity contribution in [2.24, 2.45) is 5.92 Å². The highest BCUT2D eigenvalue weighted by Crippen LogP contribution is 2.39. The van der Waals surface area contributed by atoms with Crippen molar-refractivity contribution in [1.29, 1.82) is 0 Å². The van der Waals surface area contributed by atoms with E-state index in [-0.39, 0.29) is 30.2 Å². The fraction of sp³-hybridized carbons (Fsp3) is 0.471. The molecule has 2 atom stereocenters. The molecule has 0 bridgehead atoms. The highest BCUT2D eigenvalue weighted by molar-refractivity contribution is 6.30. The van der Waals surface area contributed by atoms with Gasteiger partial charge in [-0.3, -0.25) is 14.6 Å². The molecule has 0 aromatic carbocycles. The number of carbonyl (C=O) groups is 2. The van der Waals surface area contributed by atoms with Gasteiger partial charge in [-0.2, -0.15) is 0 Å². The topological polar surface area (TPSA) is 53.5 Å². The van der Waals surface area contributed by atoms with E-state index in [1.807, 2.05) is 25.1 Å². The van der Waals surface area contributed by atoms with E-state index in [1.54, 1.807) is 22.2 Å². The van der Waals surface area contributed by atoms with Crippen LogP contribution in [-0.2, 0) is 9.59 Å². The molecule has 2 amide bonds. The number of rotatable bonds is 3. The van der Waals surface area contributed by atoms with E-state index >= 15 is 0 Å². The van der Waals surface area contributed by atoms with Crippen LogP contribution in [0, 0.1) is 5.92 Å². The molecule has 0 spiro atoms. The minimum Gasteiger partial charge on any atom is -0.337 e. The molecule has 1 fully saturated rings. The number of aromatic nitrogens is 1. The number of nitrogens with zero attached hydrogens (tertiary/aromatic N) is 3. The zero-order chi connectivity index (χ0) is 16.4. The van der Waals surface area contributed by atoms with Crippen LogP contribution in [0.4, 0.5) is 0 Å². The van der Waals surface area contributed by atoms with E-state index in [1.165, 1.54) is 0 Å². The number of pyridine rings is 1. The Balaban J connectivity index is 1.88. The summed E-state index contributed by atoms with van der Waals surface area (Å²) in [5.74, 6) is -0.332. The van der Waals surface area contributed by atoms with E-state index in [0.717, 1.165) is 12.0 Å². The number of carbonyl (C=O) groups excluding carboxylic acids is 2. The zero-order valence-electron chi connectivity index (χ0n) is 13.1. The van der Waals surface area contributed by atoms with E-state index in [0.29, 0.717) is 24.7 Å². The molecule has 5 nitrogen and oxygen atoms in total. The van der Waals surface area contributed by atoms with Gasteiger partial charge >= 0.3 is 0 Å². The van der Waals surface area contributed by atoms with Crippen molar-refractivity contribution in [3.05, 3.63) is 41.2 Å². The molecule has 0 radical (unpaired) electrons. The van der Waals surface area contributed by atoms with Gasteiger partial charge in [-0.25, -0.2) is 0 Å². The van der Waals surface area contributed by atoms with E-state index in [4.69, 9.17) is 11.6 Å². The minimum absolute atomic E-state index is 0.00871. The summed E-state index contributed by atoms with van der Waals surface area (Å²) in [5, 5.41) is 0.694. The molecule has 0 aliphatic carbocycles. The quantitative estimate of drug-likeness (QED) is 0.853. The first-order valence-corrected chi connectivity index (χ1v) is 8.32. The Kier molecular flexibility index (Phi) is 4.66. The Hall–Kier alpha value is -1.88. The Morgan fingerprint density at radius 3 is 2.96 bits per heavy atom. The summed E-state index contributed by atoms with van der Waals surface area (Å²) < 4.78 is 0. The maximum Gasteiger partial charge on any atom is 0.228 e. The van der Waals surface area contributed by atoms with Crippen molar-refractivity contribution in [3.8, 4) is 0 Å². The van der Waals surface area contributed by atoms with Gasteiger partial charge in [0.1, 0.15) is 0 Å². The predicted octanol–water partition coefficient (Wildman–Crippen LogP) is 2.35. The lowest BCUT2D eigenvalue weighted by Gasteiger charge is -2.32. The third-order valence-corrected chi connectivity index (χ3v) is 4.81. The van der Waals surface area contributed by atoms with E-state index in [9.17, 15) is 9.59 Å². The Morgan fingerprint density at radius 1 is 1.48 bits per heavy atom. The molecule has 0 unspecified atom stereocenters. The summed E-state index contributed by atoms with van der Waals surface area (Å²) in [5.41, 5.74) is 0.914. The smallest absolute Gasteiger partial charge is 0.228 e. The fourth-order valence-electron chi connectivity index (χ4n) is 3.47. The standard InChI is InChI=1S/C17H20ClN3O2/c1-2-21-15(22)9-14(16(21)12-5-3-7-19-10-12)17(23)20-8-4-6-13(18)11-20/h3,5-7,10,14,16H,2,4,8-9,11H2,1H3/t14-,16+/m0/s1. The summed E-state index contributed by atoms with van der Waals surface area (Å²) in [6.07, 6.45) is 6.41. The lowest BCUT2D eigenvalue weighted by atomic mass is 9.93. The number of hydrogen-bond acceptors (Lipinski definition) is 3. The van der Waals surface area contributed by atoms with Crippen LogP contribution in [0.25, 0.3) is 0 Å². The van der Waals surface area contributed by atoms with Gasteiger partial charge in [0.25, 0.3) is 0 Å². The number of amides is 2. The SMILES string of the molecule is CCN1C(=O)C[C@H](C(=O)N2CCC=C(Cl)C2)[C@H]1c1cccnc1. The van der Waals surface area contributed by atoms with Crippen molar-refractivity contribution >= 4 is 23.4 Å². The molecular formula is C17H20ClN3O2. The molecule has 122 valence electrons. The van der Waals surface area contributed by atoms with Gasteiger partial charge in [0.2, 0.25) is 11.8 Å². The van der Waals surface area contributed by atoms with Crippen LogP contribution in [0.3, 0.4) is 0 Å². The third kappa shape index (κ3) is 3.11. The summed E-state index contributed by atoms with van der Waals surface area (Å²) in [4.78, 5) is 33.0. The monoisotopic (exact) mass is 333 g/mol. The molecule has 3 heterocycles. The molecule has 1 aromatic rings. The zero-order valence-corrected chi connectivity index (χ0v) is 13.9. The first-order valence-electron chi connectivity index (χ1n) is 7.94. The van der Waals surface area contributed by atoms with Gasteiger partial charge in [-0.05, 0) is 25.0 Å². The molecule has 1 aromatic heterocycles. The largest absolute Gasteiger partial charge is 0.337 e. The van der Waals surface area contributed by atoms with E-state index in [2.05, 4.69) is 4.98 Å². The lowest BCUT2D eigenvalue weighted by Crippen LogP contribution is -2.41. The fourth-order valence-corrected chi connectivity index (χ4v) is 3.73. The first-order chi connectivity index (χ1) is 11.1. The maximum atomic E-state index is 13.0. The average molecular weight is 334 g/mol. The second-order valence-corrected chi connectivity index (χ2v) is 6.41. The van der Waals surface area contributed by atoms with Crippen LogP contribution in [0.15, 0.2) is 35.6 Å². The second-order valence-electron chi connectivity index (χ2n) is 5.92. The molecule has 2 aliphatic rings. The molecule has 2 aliphatic heterocycles. The molecule has 0 N–H and O–H groups in total. The van der Waals surface area contributed by atoms with Gasteiger partial charge in [-0.15, -0.1) is 0 Å². The maximum absolute atomic E-state index is 13.0. The molecule has 3 rings (SSSR count). The van der Waals surface area contributed by atoms with Crippen molar-refractivity contribution in [1.82, 2.24) is 14.8 Å². The van der Waals surface area contributed by atoms with E-state index < -0.39 is 0 Å². The van der Waals surface area contributed by atoms with Crippen molar-refractivity contribution in [2.45, 2.75) is 25.8 Å². The van der Waals surface area contributed by atoms with Gasteiger partial charge in [-0.1, -0.05) is 23.7 Å². The van der Waals surface area contributed by atoms with Gasteiger partial charge < -0.3 is 9.80 Å². The van der Waals surface area contributed by atoms with Crippen LogP contribution < -0.4 is 0 Å². The summed E-state index contributed by atoms with van der Waals surface area (Å²) in [6, 6.07) is 3.54. The highest BCUT2D eigenvalue weighted by atomic mass is 35.5. The molecule has 0 saturated carbocycles. The van der Waals surface area contributed by atoms with Crippen LogP contribution in [0.5, 0.6) is 0 Å². The predicted molar refractivity (Wildman–Crippen MR) is 87.6 cm³/mol. The Bertz CT molecular complexity index is 632. The summed E-state index contributed by atoms with van der Waals surface area (Å²) >= 11 is 6.08. The number of likely N-dealkylation sites (tertiary alicyclic amines) is 1. The first kappa shape index (κ1) is 16.0. The second kappa shape index (κ2) is 6.71. The molecule has 1 saturated heterocycles. The molecular weight excluding hydrogens is 314 g/mol. The van der Waals surface area contributed by atoms with Crippen LogP contribution in [-0.4, -0.2) is 46.2 Å². The lowest BCUT2D eigenvalue weighted by molar-refractivity contribution is -0.136. The Labute approximate surface area is 140 Å². The van der Waals surface area contributed by atoms with Gasteiger partial charge in [0.05, 0.1) is 18.5 Å². The average Bonchev–Trinajstić information content (AvgIpc) is 2.91. The normalized spacial score (nSPS) is 24.8. The number of halogens is 1. The molecule has 6 heteroatoms. The van der Waals surface area contributed by atoms with Crippen LogP contribution in [0.2, 0.25) is 0 Å². The Morgan fingerprint density at radius 2 is 2.30 bits per heavy atom. The van der Waals surface area contributed by atoms with Gasteiger partial charge in [0.15, 0.2) is 0 Å². The van der Waals surface area contributed by atoms with Crippen molar-refractivity contribution in [2.75, 3.05) is 19.6 Å². The third-order valence-electron chi connectivity index (χ3n) is 4.53. The number of hydrogen-bond donors (Lipinski definition) is 0. The van der Waals surface area contributed by atoms with Crippen LogP contribution >= 0.6 is 11.6 Å². The minimum atomic E-state index is -0.366. The van der Waals surface area contributed by atoms with Crippen molar-refractivity contribution in [3.63, 3.8) is 0 Å². The summed E-state index contributed by atoms with van der Waals surface area (Å²) in [6.45, 7) is 3.63.